The number of Topliss-reactive ketones (excluding diaryl/α,β-unsaturated/α-hetero) is 1. The molecule has 2 amide bonds. The van der Waals surface area contributed by atoms with E-state index in [1.165, 1.54) is 11.0 Å². The molecule has 0 spiro atoms. The number of phenols is 1. The minimum Gasteiger partial charge on any atom is -0.507 e. The first-order valence-electron chi connectivity index (χ1n) is 13.5. The quantitative estimate of drug-likeness (QED) is 0.219. The topological polar surface area (TPSA) is 91.8 Å². The molecule has 3 aromatic rings. The molecule has 1 fully saturated rings. The number of rotatable bonds is 3. The molecule has 0 bridgehead atoms. The Bertz CT molecular complexity index is 1830. The summed E-state index contributed by atoms with van der Waals surface area (Å²) in [5, 5.41) is 12.0. The lowest BCUT2D eigenvalue weighted by atomic mass is 9.59. The average Bonchev–Trinajstić information content (AvgIpc) is 3.25. The fourth-order valence-electron chi connectivity index (χ4n) is 7.13. The second-order valence-corrected chi connectivity index (χ2v) is 11.8. The number of carbonyl (C=O) groups excluding carboxylic acids is 4. The SMILES string of the molecule is C=Cc1ccc(N2C(=O)C3CC=C4C(c5ccc(O)c6ccccc56)C5=C(CC4C3C2=O)C(=O)C(Br)=CC5=O)cc1. The van der Waals surface area contributed by atoms with Crippen LogP contribution in [0.25, 0.3) is 16.8 Å². The normalized spacial score (nSPS) is 25.5. The van der Waals surface area contributed by atoms with Crippen molar-refractivity contribution in [2.45, 2.75) is 18.8 Å². The lowest BCUT2D eigenvalue weighted by molar-refractivity contribution is -0.123. The van der Waals surface area contributed by atoms with Crippen molar-refractivity contribution in [2.75, 3.05) is 4.90 Å². The molecule has 41 heavy (non-hydrogen) atoms. The van der Waals surface area contributed by atoms with E-state index in [-0.39, 0.29) is 40.0 Å². The summed E-state index contributed by atoms with van der Waals surface area (Å²) in [4.78, 5) is 56.1. The van der Waals surface area contributed by atoms with E-state index in [2.05, 4.69) is 22.5 Å². The van der Waals surface area contributed by atoms with Gasteiger partial charge in [0.1, 0.15) is 5.75 Å². The molecule has 0 radical (unpaired) electrons. The van der Waals surface area contributed by atoms with E-state index < -0.39 is 23.7 Å². The number of ketones is 2. The molecule has 4 unspecified atom stereocenters. The van der Waals surface area contributed by atoms with Crippen molar-refractivity contribution in [2.24, 2.45) is 17.8 Å². The first kappa shape index (κ1) is 25.6. The highest BCUT2D eigenvalue weighted by atomic mass is 79.9. The number of hydrogen-bond donors (Lipinski definition) is 1. The molecule has 202 valence electrons. The van der Waals surface area contributed by atoms with Crippen molar-refractivity contribution in [1.82, 2.24) is 0 Å². The third-order valence-electron chi connectivity index (χ3n) is 8.96. The van der Waals surface area contributed by atoms with Crippen LogP contribution in [0, 0.1) is 17.8 Å². The lowest BCUT2D eigenvalue weighted by Gasteiger charge is -2.42. The zero-order valence-corrected chi connectivity index (χ0v) is 23.4. The van der Waals surface area contributed by atoms with Gasteiger partial charge in [0.15, 0.2) is 11.6 Å². The Balaban J connectivity index is 1.40. The van der Waals surface area contributed by atoms with Gasteiger partial charge < -0.3 is 5.11 Å². The average molecular weight is 606 g/mol. The molecule has 4 atom stereocenters. The van der Waals surface area contributed by atoms with Gasteiger partial charge in [-0.15, -0.1) is 0 Å². The van der Waals surface area contributed by atoms with E-state index in [0.717, 1.165) is 22.1 Å². The van der Waals surface area contributed by atoms with Gasteiger partial charge in [-0.1, -0.05) is 66.8 Å². The van der Waals surface area contributed by atoms with Gasteiger partial charge in [-0.25, -0.2) is 0 Å². The van der Waals surface area contributed by atoms with Gasteiger partial charge >= 0.3 is 0 Å². The van der Waals surface area contributed by atoms with Crippen LogP contribution in [0.1, 0.15) is 29.9 Å². The standard InChI is InChI=1S/C34H24BrNO5/c1-2-17-7-9-18(10-8-17)36-33(40)23-12-11-22-24(30(23)34(36)41)15-25-31(28(38)16-26(35)32(25)39)29(22)21-13-14-27(37)20-6-4-3-5-19(20)21/h2-11,13-14,16,23-24,29-30,37H,1,12,15H2. The molecule has 3 aromatic carbocycles. The summed E-state index contributed by atoms with van der Waals surface area (Å²) in [5.41, 5.74) is 3.82. The second-order valence-electron chi connectivity index (χ2n) is 10.9. The summed E-state index contributed by atoms with van der Waals surface area (Å²) in [6, 6.07) is 17.9. The van der Waals surface area contributed by atoms with Crippen LogP contribution in [0.4, 0.5) is 5.69 Å². The minimum atomic E-state index is -0.658. The summed E-state index contributed by atoms with van der Waals surface area (Å²) < 4.78 is 0.188. The van der Waals surface area contributed by atoms with Gasteiger partial charge in [0, 0.05) is 28.5 Å². The molecule has 6 nitrogen and oxygen atoms in total. The van der Waals surface area contributed by atoms with E-state index in [1.54, 1.807) is 30.3 Å². The number of phenolic OH excluding ortho intramolecular Hbond substituents is 1. The van der Waals surface area contributed by atoms with Gasteiger partial charge in [-0.05, 0) is 69.4 Å². The summed E-state index contributed by atoms with van der Waals surface area (Å²) in [6.07, 6.45) is 5.58. The van der Waals surface area contributed by atoms with Gasteiger partial charge in [-0.2, -0.15) is 0 Å². The highest BCUT2D eigenvalue weighted by molar-refractivity contribution is 9.12. The van der Waals surface area contributed by atoms with Gasteiger partial charge in [0.05, 0.1) is 22.0 Å². The Labute approximate surface area is 244 Å². The molecular formula is C34H24BrNO5. The largest absolute Gasteiger partial charge is 0.507 e. The highest BCUT2D eigenvalue weighted by Crippen LogP contribution is 2.56. The van der Waals surface area contributed by atoms with Crippen LogP contribution in [-0.2, 0) is 19.2 Å². The Morgan fingerprint density at radius 1 is 0.902 bits per heavy atom. The number of halogens is 1. The van der Waals surface area contributed by atoms with Crippen LogP contribution >= 0.6 is 15.9 Å². The predicted molar refractivity (Wildman–Crippen MR) is 159 cm³/mol. The second kappa shape index (κ2) is 9.35. The van der Waals surface area contributed by atoms with Gasteiger partial charge in [-0.3, -0.25) is 24.1 Å². The van der Waals surface area contributed by atoms with Gasteiger partial charge in [0.2, 0.25) is 11.8 Å². The number of nitrogens with zero attached hydrogens (tertiary/aromatic N) is 1. The number of fused-ring (bicyclic) bond motifs is 4. The minimum absolute atomic E-state index is 0.118. The number of aromatic hydroxyl groups is 1. The fourth-order valence-corrected chi connectivity index (χ4v) is 7.58. The number of hydrogen-bond acceptors (Lipinski definition) is 5. The molecule has 1 aliphatic heterocycles. The summed E-state index contributed by atoms with van der Waals surface area (Å²) in [7, 11) is 0. The van der Waals surface area contributed by atoms with Crippen molar-refractivity contribution >= 4 is 61.8 Å². The molecule has 7 heteroatoms. The van der Waals surface area contributed by atoms with E-state index in [1.807, 2.05) is 42.5 Å². The number of imide groups is 1. The monoisotopic (exact) mass is 605 g/mol. The highest BCUT2D eigenvalue weighted by Gasteiger charge is 2.56. The lowest BCUT2D eigenvalue weighted by Crippen LogP contribution is -2.39. The van der Waals surface area contributed by atoms with Crippen molar-refractivity contribution in [3.8, 4) is 5.75 Å². The maximum atomic E-state index is 14.1. The first-order chi connectivity index (χ1) is 19.8. The maximum absolute atomic E-state index is 14.1. The molecule has 1 saturated heterocycles. The predicted octanol–water partition coefficient (Wildman–Crippen LogP) is 6.16. The van der Waals surface area contributed by atoms with Crippen LogP contribution in [-0.4, -0.2) is 28.5 Å². The molecule has 4 aliphatic rings. The molecule has 1 N–H and O–H groups in total. The maximum Gasteiger partial charge on any atom is 0.238 e. The van der Waals surface area contributed by atoms with Crippen LogP contribution in [0.2, 0.25) is 0 Å². The van der Waals surface area contributed by atoms with Crippen LogP contribution in [0.15, 0.2) is 101 Å². The zero-order valence-electron chi connectivity index (χ0n) is 21.8. The fraction of sp³-hybridized carbons (Fsp3) is 0.176. The van der Waals surface area contributed by atoms with E-state index in [4.69, 9.17) is 0 Å². The van der Waals surface area contributed by atoms with E-state index in [9.17, 15) is 24.3 Å². The summed E-state index contributed by atoms with van der Waals surface area (Å²) >= 11 is 3.27. The summed E-state index contributed by atoms with van der Waals surface area (Å²) in [5.74, 6) is -3.19. The Hall–Kier alpha value is -4.36. The smallest absolute Gasteiger partial charge is 0.238 e. The van der Waals surface area contributed by atoms with E-state index in [0.29, 0.717) is 28.6 Å². The Morgan fingerprint density at radius 2 is 1.63 bits per heavy atom. The van der Waals surface area contributed by atoms with Crippen LogP contribution in [0.5, 0.6) is 5.75 Å². The number of carbonyl (C=O) groups is 4. The van der Waals surface area contributed by atoms with Crippen LogP contribution < -0.4 is 4.90 Å². The Kier molecular flexibility index (Phi) is 5.84. The molecular weight excluding hydrogens is 582 g/mol. The van der Waals surface area contributed by atoms with E-state index >= 15 is 0 Å². The molecule has 0 aromatic heterocycles. The number of anilines is 1. The van der Waals surface area contributed by atoms with Crippen molar-refractivity contribution in [1.29, 1.82) is 0 Å². The van der Waals surface area contributed by atoms with Crippen molar-refractivity contribution < 1.29 is 24.3 Å². The zero-order chi connectivity index (χ0) is 28.6. The third kappa shape index (κ3) is 3.68. The molecule has 1 heterocycles. The number of amides is 2. The van der Waals surface area contributed by atoms with Crippen molar-refractivity contribution in [3.63, 3.8) is 0 Å². The van der Waals surface area contributed by atoms with Gasteiger partial charge in [0.25, 0.3) is 0 Å². The third-order valence-corrected chi connectivity index (χ3v) is 9.55. The van der Waals surface area contributed by atoms with Crippen LogP contribution in [0.3, 0.4) is 0 Å². The molecule has 0 saturated carbocycles. The molecule has 3 aliphatic carbocycles. The first-order valence-corrected chi connectivity index (χ1v) is 14.3. The number of benzene rings is 3. The molecule has 7 rings (SSSR count). The van der Waals surface area contributed by atoms with Crippen molar-refractivity contribution in [3.05, 3.63) is 112 Å². The Morgan fingerprint density at radius 3 is 2.37 bits per heavy atom. The summed E-state index contributed by atoms with van der Waals surface area (Å²) in [6.45, 7) is 3.77. The number of allylic oxidation sites excluding steroid dienone is 6.